The Morgan fingerprint density at radius 1 is 1.29 bits per heavy atom. The number of amides is 2. The normalized spacial score (nSPS) is 22.9. The van der Waals surface area contributed by atoms with E-state index in [-0.39, 0.29) is 11.1 Å². The molecule has 2 aliphatic rings. The van der Waals surface area contributed by atoms with Crippen molar-refractivity contribution in [3.05, 3.63) is 46.2 Å². The minimum absolute atomic E-state index is 0.325. The molecule has 4 nitrogen and oxygen atoms in total. The van der Waals surface area contributed by atoms with Gasteiger partial charge in [-0.05, 0) is 40.9 Å². The number of imide groups is 1. The second-order valence-corrected chi connectivity index (χ2v) is 6.61. The van der Waals surface area contributed by atoms with Gasteiger partial charge in [-0.2, -0.15) is 0 Å². The zero-order valence-corrected chi connectivity index (χ0v) is 12.7. The number of carbonyl (C=O) groups is 2. The largest absolute Gasteiger partial charge is 0.493 e. The van der Waals surface area contributed by atoms with Crippen LogP contribution in [0.25, 0.3) is 6.08 Å². The van der Waals surface area contributed by atoms with Gasteiger partial charge in [-0.15, -0.1) is 11.8 Å². The van der Waals surface area contributed by atoms with Gasteiger partial charge >= 0.3 is 0 Å². The molecule has 1 fully saturated rings. The lowest BCUT2D eigenvalue weighted by Gasteiger charge is -2.10. The molecule has 1 unspecified atom stereocenters. The third-order valence-corrected chi connectivity index (χ3v) is 4.82. The lowest BCUT2D eigenvalue weighted by molar-refractivity contribution is -0.115. The molecule has 2 heterocycles. The first-order valence-corrected chi connectivity index (χ1v) is 8.33. The molecule has 1 N–H and O–H groups in total. The number of thioether (sulfide) groups is 2. The predicted octanol–water partition coefficient (Wildman–Crippen LogP) is 3.27. The summed E-state index contributed by atoms with van der Waals surface area (Å²) in [4.78, 5) is 23.0. The van der Waals surface area contributed by atoms with Crippen LogP contribution in [0.4, 0.5) is 4.79 Å². The second kappa shape index (κ2) is 6.41. The van der Waals surface area contributed by atoms with Crippen LogP contribution in [0.1, 0.15) is 5.56 Å². The Kier molecular flexibility index (Phi) is 4.36. The molecular formula is C15H13NO3S2. The van der Waals surface area contributed by atoms with E-state index < -0.39 is 0 Å². The molecule has 108 valence electrons. The maximum Gasteiger partial charge on any atom is 0.290 e. The fourth-order valence-corrected chi connectivity index (χ4v) is 3.52. The lowest BCUT2D eigenvalue weighted by Crippen LogP contribution is -2.17. The van der Waals surface area contributed by atoms with Crippen LogP contribution in [0.3, 0.4) is 0 Å². The third-order valence-electron chi connectivity index (χ3n) is 3.04. The maximum atomic E-state index is 11.5. The molecule has 2 aliphatic heterocycles. The van der Waals surface area contributed by atoms with E-state index in [1.807, 2.05) is 24.3 Å². The van der Waals surface area contributed by atoms with Gasteiger partial charge in [0.1, 0.15) is 5.75 Å². The molecule has 3 rings (SSSR count). The van der Waals surface area contributed by atoms with Gasteiger partial charge in [0.15, 0.2) is 0 Å². The SMILES string of the molecule is O=C1NC(=O)/C(=C/c2ccc(OCC3C=CSC3)cc2)S1. The molecule has 1 aromatic carbocycles. The van der Waals surface area contributed by atoms with Crippen molar-refractivity contribution in [3.63, 3.8) is 0 Å². The van der Waals surface area contributed by atoms with Crippen LogP contribution in [-0.4, -0.2) is 23.5 Å². The number of benzene rings is 1. The van der Waals surface area contributed by atoms with E-state index in [9.17, 15) is 9.59 Å². The van der Waals surface area contributed by atoms with Crippen molar-refractivity contribution >= 4 is 40.7 Å². The summed E-state index contributed by atoms with van der Waals surface area (Å²) >= 11 is 2.72. The summed E-state index contributed by atoms with van der Waals surface area (Å²) < 4.78 is 5.73. The van der Waals surface area contributed by atoms with Crippen LogP contribution >= 0.6 is 23.5 Å². The highest BCUT2D eigenvalue weighted by atomic mass is 32.2. The van der Waals surface area contributed by atoms with E-state index in [4.69, 9.17) is 4.74 Å². The maximum absolute atomic E-state index is 11.5. The summed E-state index contributed by atoms with van der Waals surface area (Å²) in [6, 6.07) is 7.49. The van der Waals surface area contributed by atoms with Crippen molar-refractivity contribution in [2.45, 2.75) is 0 Å². The summed E-state index contributed by atoms with van der Waals surface area (Å²) in [6.45, 7) is 0.677. The Hall–Kier alpha value is -1.66. The molecule has 1 aromatic rings. The van der Waals surface area contributed by atoms with Crippen LogP contribution in [-0.2, 0) is 4.79 Å². The second-order valence-electron chi connectivity index (χ2n) is 4.65. The zero-order valence-electron chi connectivity index (χ0n) is 11.1. The van der Waals surface area contributed by atoms with E-state index in [0.29, 0.717) is 17.4 Å². The first-order valence-electron chi connectivity index (χ1n) is 6.47. The van der Waals surface area contributed by atoms with E-state index >= 15 is 0 Å². The zero-order chi connectivity index (χ0) is 14.7. The standard InChI is InChI=1S/C15H13NO3S2/c17-14-13(21-15(18)16-14)7-10-1-3-12(4-2-10)19-8-11-5-6-20-9-11/h1-7,11H,8-9H2,(H,16,17,18)/b13-7-. The van der Waals surface area contributed by atoms with Crippen molar-refractivity contribution in [2.75, 3.05) is 12.4 Å². The van der Waals surface area contributed by atoms with Crippen molar-refractivity contribution in [3.8, 4) is 5.75 Å². The predicted molar refractivity (Wildman–Crippen MR) is 86.1 cm³/mol. The highest BCUT2D eigenvalue weighted by Gasteiger charge is 2.24. The number of hydrogen-bond acceptors (Lipinski definition) is 5. The summed E-state index contributed by atoms with van der Waals surface area (Å²) in [5, 5.41) is 4.01. The molecular weight excluding hydrogens is 306 g/mol. The minimum atomic E-state index is -0.337. The first-order chi connectivity index (χ1) is 10.2. The van der Waals surface area contributed by atoms with Crippen molar-refractivity contribution < 1.29 is 14.3 Å². The third kappa shape index (κ3) is 3.71. The Bertz CT molecular complexity index is 622. The molecule has 21 heavy (non-hydrogen) atoms. The minimum Gasteiger partial charge on any atom is -0.493 e. The number of nitrogens with one attached hydrogen (secondary N) is 1. The summed E-state index contributed by atoms with van der Waals surface area (Å²) in [5.74, 6) is 2.02. The number of hydrogen-bond donors (Lipinski definition) is 1. The number of ether oxygens (including phenoxy) is 1. The highest BCUT2D eigenvalue weighted by molar-refractivity contribution is 8.18. The van der Waals surface area contributed by atoms with Gasteiger partial charge in [0.2, 0.25) is 0 Å². The van der Waals surface area contributed by atoms with Crippen LogP contribution in [0.5, 0.6) is 5.75 Å². The van der Waals surface area contributed by atoms with Crippen molar-refractivity contribution in [2.24, 2.45) is 5.92 Å². The fraction of sp³-hybridized carbons (Fsp3) is 0.200. The van der Waals surface area contributed by atoms with Crippen molar-refractivity contribution in [1.29, 1.82) is 0 Å². The summed E-state index contributed by atoms with van der Waals surface area (Å²) in [6.07, 6.45) is 3.86. The molecule has 1 saturated heterocycles. The smallest absolute Gasteiger partial charge is 0.290 e. The quantitative estimate of drug-likeness (QED) is 0.863. The fourth-order valence-electron chi connectivity index (χ4n) is 1.94. The molecule has 0 saturated carbocycles. The Morgan fingerprint density at radius 3 is 2.71 bits per heavy atom. The van der Waals surface area contributed by atoms with Crippen LogP contribution in [0.15, 0.2) is 40.7 Å². The van der Waals surface area contributed by atoms with E-state index in [0.717, 1.165) is 28.8 Å². The average Bonchev–Trinajstić information content (AvgIpc) is 3.08. The first kappa shape index (κ1) is 14.3. The van der Waals surface area contributed by atoms with Gasteiger partial charge in [-0.25, -0.2) is 0 Å². The monoisotopic (exact) mass is 319 g/mol. The van der Waals surface area contributed by atoms with Gasteiger partial charge in [0.05, 0.1) is 11.5 Å². The van der Waals surface area contributed by atoms with E-state index in [1.54, 1.807) is 17.8 Å². The topological polar surface area (TPSA) is 55.4 Å². The Labute approximate surface area is 131 Å². The van der Waals surface area contributed by atoms with E-state index in [1.165, 1.54) is 0 Å². The Balaban J connectivity index is 1.61. The van der Waals surface area contributed by atoms with Crippen LogP contribution < -0.4 is 10.1 Å². The molecule has 0 aromatic heterocycles. The molecule has 0 spiro atoms. The number of carbonyl (C=O) groups excluding carboxylic acids is 2. The molecule has 0 aliphatic carbocycles. The molecule has 2 amide bonds. The van der Waals surface area contributed by atoms with Gasteiger partial charge in [-0.3, -0.25) is 14.9 Å². The average molecular weight is 319 g/mol. The number of rotatable bonds is 4. The summed E-state index contributed by atoms with van der Waals surface area (Å²) in [7, 11) is 0. The molecule has 0 radical (unpaired) electrons. The van der Waals surface area contributed by atoms with Gasteiger partial charge in [0.25, 0.3) is 11.1 Å². The van der Waals surface area contributed by atoms with Gasteiger partial charge < -0.3 is 4.74 Å². The lowest BCUT2D eigenvalue weighted by atomic mass is 10.2. The van der Waals surface area contributed by atoms with Gasteiger partial charge in [0, 0.05) is 11.7 Å². The molecule has 6 heteroatoms. The van der Waals surface area contributed by atoms with Crippen LogP contribution in [0.2, 0.25) is 0 Å². The van der Waals surface area contributed by atoms with Crippen LogP contribution in [0, 0.1) is 5.92 Å². The Morgan fingerprint density at radius 2 is 2.10 bits per heavy atom. The molecule has 1 atom stereocenters. The van der Waals surface area contributed by atoms with E-state index in [2.05, 4.69) is 16.8 Å². The highest BCUT2D eigenvalue weighted by Crippen LogP contribution is 2.26. The summed E-state index contributed by atoms with van der Waals surface area (Å²) in [5.41, 5.74) is 0.867. The molecule has 0 bridgehead atoms. The van der Waals surface area contributed by atoms with Crippen molar-refractivity contribution in [1.82, 2.24) is 5.32 Å². The van der Waals surface area contributed by atoms with Gasteiger partial charge in [-0.1, -0.05) is 18.2 Å².